The largest absolute Gasteiger partial charge is 0.491 e. The van der Waals surface area contributed by atoms with Gasteiger partial charge in [-0.25, -0.2) is 4.98 Å². The molecule has 1 amide bonds. The topological polar surface area (TPSA) is 84.6 Å². The summed E-state index contributed by atoms with van der Waals surface area (Å²) in [6.45, 7) is 0.202. The third-order valence-corrected chi connectivity index (χ3v) is 3.98. The zero-order valence-corrected chi connectivity index (χ0v) is 13.6. The second-order valence-electron chi connectivity index (χ2n) is 4.94. The number of carbonyl (C=O) groups is 1. The number of amides is 1. The summed E-state index contributed by atoms with van der Waals surface area (Å²) >= 11 is 1.53. The van der Waals surface area contributed by atoms with E-state index in [1.54, 1.807) is 24.3 Å². The van der Waals surface area contributed by atoms with Gasteiger partial charge in [0.25, 0.3) is 0 Å². The molecule has 7 heteroatoms. The molecule has 124 valence electrons. The number of hydrogen-bond acceptors (Lipinski definition) is 6. The molecule has 6 nitrogen and oxygen atoms in total. The lowest BCUT2D eigenvalue weighted by Crippen LogP contribution is -2.14. The summed E-state index contributed by atoms with van der Waals surface area (Å²) in [7, 11) is 0. The Kier molecular flexibility index (Phi) is 5.25. The van der Waals surface area contributed by atoms with Crippen LogP contribution in [0, 0.1) is 0 Å². The fourth-order valence-corrected chi connectivity index (χ4v) is 2.72. The Labute approximate surface area is 142 Å². The molecule has 1 aromatic carbocycles. The fraction of sp³-hybridized carbons (Fsp3) is 0.176. The van der Waals surface area contributed by atoms with Gasteiger partial charge in [-0.05, 0) is 35.7 Å². The van der Waals surface area contributed by atoms with Gasteiger partial charge in [-0.3, -0.25) is 4.79 Å². The van der Waals surface area contributed by atoms with E-state index < -0.39 is 0 Å². The van der Waals surface area contributed by atoms with E-state index in [0.717, 1.165) is 4.88 Å². The van der Waals surface area contributed by atoms with Crippen molar-refractivity contribution in [1.29, 1.82) is 0 Å². The lowest BCUT2D eigenvalue weighted by atomic mass is 10.2. The number of thiophene rings is 1. The van der Waals surface area contributed by atoms with Crippen LogP contribution in [0.15, 0.2) is 52.5 Å². The molecule has 0 aliphatic rings. The standard InChI is InChI=1S/C17H16N2O4S/c20-7-8-22-14-5-3-12(4-6-14)18-16(21)10-13-11-23-17(19-13)15-2-1-9-24-15/h1-6,9,11,20H,7-8,10H2,(H,18,21). The van der Waals surface area contributed by atoms with Crippen molar-refractivity contribution in [2.45, 2.75) is 6.42 Å². The molecule has 2 aromatic heterocycles. The Morgan fingerprint density at radius 1 is 1.29 bits per heavy atom. The fourth-order valence-electron chi connectivity index (χ4n) is 2.07. The Morgan fingerprint density at radius 2 is 2.12 bits per heavy atom. The number of anilines is 1. The van der Waals surface area contributed by atoms with Crippen molar-refractivity contribution in [1.82, 2.24) is 4.98 Å². The molecule has 3 aromatic rings. The number of aromatic nitrogens is 1. The van der Waals surface area contributed by atoms with Crippen LogP contribution >= 0.6 is 11.3 Å². The minimum atomic E-state index is -0.176. The summed E-state index contributed by atoms with van der Waals surface area (Å²) in [5, 5.41) is 13.4. The minimum absolute atomic E-state index is 0.0380. The summed E-state index contributed by atoms with van der Waals surface area (Å²) < 4.78 is 10.7. The summed E-state index contributed by atoms with van der Waals surface area (Å²) in [6.07, 6.45) is 1.64. The molecule has 3 rings (SSSR count). The number of aliphatic hydroxyl groups excluding tert-OH is 1. The Bertz CT molecular complexity index is 781. The van der Waals surface area contributed by atoms with Crippen molar-refractivity contribution in [2.75, 3.05) is 18.5 Å². The zero-order valence-electron chi connectivity index (χ0n) is 12.8. The number of rotatable bonds is 7. The van der Waals surface area contributed by atoms with Crippen molar-refractivity contribution in [3.05, 3.63) is 53.7 Å². The molecule has 2 heterocycles. The van der Waals surface area contributed by atoms with Crippen LogP contribution in [0.3, 0.4) is 0 Å². The first-order chi connectivity index (χ1) is 11.7. The van der Waals surface area contributed by atoms with Crippen LogP contribution < -0.4 is 10.1 Å². The number of nitrogens with one attached hydrogen (secondary N) is 1. The number of ether oxygens (including phenoxy) is 1. The monoisotopic (exact) mass is 344 g/mol. The molecular formula is C17H16N2O4S. The first-order valence-corrected chi connectivity index (χ1v) is 8.24. The lowest BCUT2D eigenvalue weighted by molar-refractivity contribution is -0.115. The summed E-state index contributed by atoms with van der Waals surface area (Å²) in [5.74, 6) is 0.988. The van der Waals surface area contributed by atoms with Crippen LogP contribution in [0.2, 0.25) is 0 Å². The van der Waals surface area contributed by atoms with Gasteiger partial charge in [0, 0.05) is 5.69 Å². The van der Waals surface area contributed by atoms with Crippen LogP contribution in [-0.2, 0) is 11.2 Å². The molecule has 0 saturated heterocycles. The average Bonchev–Trinajstić information content (AvgIpc) is 3.25. The first-order valence-electron chi connectivity index (χ1n) is 7.36. The summed E-state index contributed by atoms with van der Waals surface area (Å²) in [6, 6.07) is 10.8. The van der Waals surface area contributed by atoms with Crippen molar-refractivity contribution >= 4 is 22.9 Å². The van der Waals surface area contributed by atoms with Crippen molar-refractivity contribution in [2.24, 2.45) is 0 Å². The highest BCUT2D eigenvalue weighted by atomic mass is 32.1. The minimum Gasteiger partial charge on any atom is -0.491 e. The van der Waals surface area contributed by atoms with Gasteiger partial charge in [0.2, 0.25) is 11.8 Å². The molecule has 2 N–H and O–H groups in total. The molecule has 0 spiro atoms. The maximum absolute atomic E-state index is 12.1. The van der Waals surface area contributed by atoms with Crippen molar-refractivity contribution in [3.8, 4) is 16.5 Å². The van der Waals surface area contributed by atoms with E-state index >= 15 is 0 Å². The van der Waals surface area contributed by atoms with E-state index in [1.165, 1.54) is 17.6 Å². The number of benzene rings is 1. The highest BCUT2D eigenvalue weighted by Gasteiger charge is 2.11. The van der Waals surface area contributed by atoms with Gasteiger partial charge >= 0.3 is 0 Å². The summed E-state index contributed by atoms with van der Waals surface area (Å²) in [5.41, 5.74) is 1.25. The van der Waals surface area contributed by atoms with E-state index in [4.69, 9.17) is 14.3 Å². The van der Waals surface area contributed by atoms with Gasteiger partial charge in [0.1, 0.15) is 18.6 Å². The molecule has 0 saturated carbocycles. The average molecular weight is 344 g/mol. The second kappa shape index (κ2) is 7.76. The molecule has 0 aliphatic carbocycles. The molecule has 0 atom stereocenters. The van der Waals surface area contributed by atoms with Gasteiger partial charge in [-0.2, -0.15) is 0 Å². The van der Waals surface area contributed by atoms with Crippen molar-refractivity contribution in [3.63, 3.8) is 0 Å². The highest BCUT2D eigenvalue weighted by molar-refractivity contribution is 7.13. The summed E-state index contributed by atoms with van der Waals surface area (Å²) in [4.78, 5) is 17.3. The number of hydrogen-bond donors (Lipinski definition) is 2. The van der Waals surface area contributed by atoms with Gasteiger partial charge in [-0.1, -0.05) is 6.07 Å². The van der Waals surface area contributed by atoms with E-state index in [0.29, 0.717) is 23.0 Å². The van der Waals surface area contributed by atoms with E-state index in [2.05, 4.69) is 10.3 Å². The van der Waals surface area contributed by atoms with Crippen molar-refractivity contribution < 1.29 is 19.1 Å². The number of oxazole rings is 1. The first kappa shape index (κ1) is 16.2. The zero-order chi connectivity index (χ0) is 16.8. The maximum atomic E-state index is 12.1. The predicted octanol–water partition coefficient (Wildman–Crippen LogP) is 2.96. The molecule has 0 radical (unpaired) electrons. The van der Waals surface area contributed by atoms with E-state index in [9.17, 15) is 4.79 Å². The third-order valence-electron chi connectivity index (χ3n) is 3.12. The quantitative estimate of drug-likeness (QED) is 0.688. The Hall–Kier alpha value is -2.64. The second-order valence-corrected chi connectivity index (χ2v) is 5.89. The Morgan fingerprint density at radius 3 is 2.83 bits per heavy atom. The van der Waals surface area contributed by atoms with Gasteiger partial charge in [-0.15, -0.1) is 11.3 Å². The number of carbonyl (C=O) groups excluding carboxylic acids is 1. The number of aliphatic hydroxyl groups is 1. The van der Waals surface area contributed by atoms with E-state index in [-0.39, 0.29) is 25.5 Å². The van der Waals surface area contributed by atoms with Gasteiger partial charge in [0.15, 0.2) is 0 Å². The molecule has 0 bridgehead atoms. The highest BCUT2D eigenvalue weighted by Crippen LogP contribution is 2.24. The molecular weight excluding hydrogens is 328 g/mol. The maximum Gasteiger partial charge on any atom is 0.236 e. The van der Waals surface area contributed by atoms with Gasteiger partial charge < -0.3 is 19.6 Å². The van der Waals surface area contributed by atoms with Crippen LogP contribution in [-0.4, -0.2) is 29.2 Å². The normalized spacial score (nSPS) is 10.5. The molecule has 0 unspecified atom stereocenters. The van der Waals surface area contributed by atoms with Crippen LogP contribution in [0.5, 0.6) is 5.75 Å². The van der Waals surface area contributed by atoms with Gasteiger partial charge in [0.05, 0.1) is 23.6 Å². The van der Waals surface area contributed by atoms with Crippen LogP contribution in [0.1, 0.15) is 5.69 Å². The van der Waals surface area contributed by atoms with Crippen LogP contribution in [0.25, 0.3) is 10.8 Å². The smallest absolute Gasteiger partial charge is 0.236 e. The Balaban J connectivity index is 1.55. The predicted molar refractivity (Wildman–Crippen MR) is 91.2 cm³/mol. The SMILES string of the molecule is O=C(Cc1coc(-c2cccs2)n1)Nc1ccc(OCCO)cc1. The number of nitrogens with zero attached hydrogens (tertiary/aromatic N) is 1. The molecule has 0 fully saturated rings. The lowest BCUT2D eigenvalue weighted by Gasteiger charge is -2.06. The third kappa shape index (κ3) is 4.21. The van der Waals surface area contributed by atoms with E-state index in [1.807, 2.05) is 17.5 Å². The van der Waals surface area contributed by atoms with Crippen LogP contribution in [0.4, 0.5) is 5.69 Å². The molecule has 0 aliphatic heterocycles. The molecule has 24 heavy (non-hydrogen) atoms.